The summed E-state index contributed by atoms with van der Waals surface area (Å²) < 4.78 is 5.40. The standard InChI is InChI=1S/C12H14N2O3S/c1-2-17-8-3-4-9-10(7-8)14-12(13-9)18-6-5-11(15)16/h3-4,7H,2,5-6H2,1H3,(H,13,14)(H,15,16). The first-order valence-electron chi connectivity index (χ1n) is 5.66. The molecule has 1 heterocycles. The van der Waals surface area contributed by atoms with E-state index in [4.69, 9.17) is 9.84 Å². The van der Waals surface area contributed by atoms with Crippen molar-refractivity contribution in [2.24, 2.45) is 0 Å². The van der Waals surface area contributed by atoms with Gasteiger partial charge in [0.1, 0.15) is 5.75 Å². The van der Waals surface area contributed by atoms with Gasteiger partial charge in [0.15, 0.2) is 5.16 Å². The van der Waals surface area contributed by atoms with E-state index in [-0.39, 0.29) is 6.42 Å². The molecule has 0 spiro atoms. The van der Waals surface area contributed by atoms with Gasteiger partial charge in [-0.15, -0.1) is 0 Å². The average molecular weight is 266 g/mol. The molecule has 1 aromatic carbocycles. The molecule has 0 atom stereocenters. The number of carboxylic acids is 1. The molecular weight excluding hydrogens is 252 g/mol. The number of rotatable bonds is 6. The number of imidazole rings is 1. The molecule has 0 unspecified atom stereocenters. The first kappa shape index (κ1) is 12.8. The third-order valence-corrected chi connectivity index (χ3v) is 3.17. The lowest BCUT2D eigenvalue weighted by Crippen LogP contribution is -1.95. The Labute approximate surface area is 109 Å². The Bertz CT molecular complexity index is 553. The summed E-state index contributed by atoms with van der Waals surface area (Å²) >= 11 is 1.41. The number of nitrogens with zero attached hydrogens (tertiary/aromatic N) is 1. The zero-order chi connectivity index (χ0) is 13.0. The first-order chi connectivity index (χ1) is 8.69. The fourth-order valence-electron chi connectivity index (χ4n) is 1.53. The normalized spacial score (nSPS) is 10.7. The van der Waals surface area contributed by atoms with Crippen LogP contribution in [0.4, 0.5) is 0 Å². The van der Waals surface area contributed by atoms with Crippen molar-refractivity contribution in [1.82, 2.24) is 9.97 Å². The summed E-state index contributed by atoms with van der Waals surface area (Å²) in [4.78, 5) is 17.9. The van der Waals surface area contributed by atoms with E-state index < -0.39 is 5.97 Å². The van der Waals surface area contributed by atoms with Gasteiger partial charge in [-0.05, 0) is 19.1 Å². The number of nitrogens with one attached hydrogen (secondary N) is 1. The minimum absolute atomic E-state index is 0.131. The van der Waals surface area contributed by atoms with Crippen LogP contribution in [0, 0.1) is 0 Å². The van der Waals surface area contributed by atoms with Crippen LogP contribution in [0.5, 0.6) is 5.75 Å². The molecule has 0 bridgehead atoms. The molecule has 18 heavy (non-hydrogen) atoms. The van der Waals surface area contributed by atoms with Crippen molar-refractivity contribution in [3.05, 3.63) is 18.2 Å². The Hall–Kier alpha value is -1.69. The number of H-pyrrole nitrogens is 1. The van der Waals surface area contributed by atoms with E-state index in [1.807, 2.05) is 25.1 Å². The van der Waals surface area contributed by atoms with Gasteiger partial charge in [-0.2, -0.15) is 0 Å². The highest BCUT2D eigenvalue weighted by molar-refractivity contribution is 7.99. The lowest BCUT2D eigenvalue weighted by molar-refractivity contribution is -0.136. The predicted molar refractivity (Wildman–Crippen MR) is 70.2 cm³/mol. The minimum atomic E-state index is -0.794. The Balaban J connectivity index is 2.09. The molecule has 0 aliphatic carbocycles. The van der Waals surface area contributed by atoms with Crippen LogP contribution in [-0.2, 0) is 4.79 Å². The van der Waals surface area contributed by atoms with Crippen LogP contribution in [0.2, 0.25) is 0 Å². The zero-order valence-corrected chi connectivity index (χ0v) is 10.8. The van der Waals surface area contributed by atoms with Crippen LogP contribution in [-0.4, -0.2) is 33.4 Å². The van der Waals surface area contributed by atoms with E-state index in [2.05, 4.69) is 9.97 Å². The number of hydrogen-bond donors (Lipinski definition) is 2. The fourth-order valence-corrected chi connectivity index (χ4v) is 2.34. The largest absolute Gasteiger partial charge is 0.494 e. The van der Waals surface area contributed by atoms with E-state index in [1.165, 1.54) is 11.8 Å². The summed E-state index contributed by atoms with van der Waals surface area (Å²) in [6.07, 6.45) is 0.131. The molecule has 0 radical (unpaired) electrons. The van der Waals surface area contributed by atoms with Crippen molar-refractivity contribution in [1.29, 1.82) is 0 Å². The quantitative estimate of drug-likeness (QED) is 0.786. The van der Waals surface area contributed by atoms with Crippen molar-refractivity contribution in [3.8, 4) is 5.75 Å². The number of ether oxygens (including phenoxy) is 1. The molecule has 1 aromatic heterocycles. The Morgan fingerprint density at radius 1 is 1.56 bits per heavy atom. The molecule has 2 N–H and O–H groups in total. The monoisotopic (exact) mass is 266 g/mol. The maximum atomic E-state index is 10.4. The second-order valence-corrected chi connectivity index (χ2v) is 4.73. The molecule has 0 saturated heterocycles. The summed E-state index contributed by atoms with van der Waals surface area (Å²) in [6, 6.07) is 5.66. The van der Waals surface area contributed by atoms with Crippen molar-refractivity contribution >= 4 is 28.8 Å². The number of carbonyl (C=O) groups is 1. The van der Waals surface area contributed by atoms with E-state index in [0.717, 1.165) is 21.9 Å². The molecular formula is C12H14N2O3S. The number of hydrogen-bond acceptors (Lipinski definition) is 4. The number of fused-ring (bicyclic) bond motifs is 1. The van der Waals surface area contributed by atoms with Gasteiger partial charge >= 0.3 is 5.97 Å². The Kier molecular flexibility index (Phi) is 4.09. The van der Waals surface area contributed by atoms with Gasteiger partial charge in [-0.1, -0.05) is 11.8 Å². The Morgan fingerprint density at radius 3 is 3.11 bits per heavy atom. The fraction of sp³-hybridized carbons (Fsp3) is 0.333. The summed E-state index contributed by atoms with van der Waals surface area (Å²) in [5.74, 6) is 0.515. The molecule has 6 heteroatoms. The highest BCUT2D eigenvalue weighted by atomic mass is 32.2. The third-order valence-electron chi connectivity index (χ3n) is 2.30. The van der Waals surface area contributed by atoms with Crippen molar-refractivity contribution in [2.45, 2.75) is 18.5 Å². The number of thioether (sulfide) groups is 1. The van der Waals surface area contributed by atoms with Gasteiger partial charge in [0.05, 0.1) is 24.1 Å². The SMILES string of the molecule is CCOc1ccc2nc(SCCC(=O)O)[nH]c2c1. The van der Waals surface area contributed by atoms with Gasteiger partial charge < -0.3 is 14.8 Å². The van der Waals surface area contributed by atoms with Crippen LogP contribution in [0.15, 0.2) is 23.4 Å². The van der Waals surface area contributed by atoms with E-state index >= 15 is 0 Å². The summed E-state index contributed by atoms with van der Waals surface area (Å²) in [5.41, 5.74) is 1.76. The van der Waals surface area contributed by atoms with Gasteiger partial charge in [-0.3, -0.25) is 4.79 Å². The second-order valence-electron chi connectivity index (χ2n) is 3.65. The smallest absolute Gasteiger partial charge is 0.304 e. The average Bonchev–Trinajstić information content (AvgIpc) is 2.71. The lowest BCUT2D eigenvalue weighted by Gasteiger charge is -2.00. The molecule has 2 aromatic rings. The third kappa shape index (κ3) is 3.16. The first-order valence-corrected chi connectivity index (χ1v) is 6.64. The highest BCUT2D eigenvalue weighted by Gasteiger charge is 2.05. The number of benzene rings is 1. The second kappa shape index (κ2) is 5.77. The lowest BCUT2D eigenvalue weighted by atomic mass is 10.3. The molecule has 5 nitrogen and oxygen atoms in total. The molecule has 0 fully saturated rings. The van der Waals surface area contributed by atoms with Crippen LogP contribution in [0.3, 0.4) is 0 Å². The van der Waals surface area contributed by atoms with Crippen molar-refractivity contribution in [2.75, 3.05) is 12.4 Å². The number of aliphatic carboxylic acids is 1. The van der Waals surface area contributed by atoms with Gasteiger partial charge in [0, 0.05) is 11.8 Å². The summed E-state index contributed by atoms with van der Waals surface area (Å²) in [6.45, 7) is 2.56. The summed E-state index contributed by atoms with van der Waals surface area (Å²) in [7, 11) is 0. The maximum Gasteiger partial charge on any atom is 0.304 e. The van der Waals surface area contributed by atoms with Gasteiger partial charge in [0.25, 0.3) is 0 Å². The molecule has 0 aliphatic rings. The zero-order valence-electron chi connectivity index (χ0n) is 9.97. The van der Waals surface area contributed by atoms with Crippen molar-refractivity contribution < 1.29 is 14.6 Å². The van der Waals surface area contributed by atoms with Crippen molar-refractivity contribution in [3.63, 3.8) is 0 Å². The molecule has 2 rings (SSSR count). The molecule has 0 saturated carbocycles. The number of carboxylic acid groups (broad SMARTS) is 1. The van der Waals surface area contributed by atoms with Crippen LogP contribution in [0.1, 0.15) is 13.3 Å². The van der Waals surface area contributed by atoms with Gasteiger partial charge in [-0.25, -0.2) is 4.98 Å². The van der Waals surface area contributed by atoms with Crippen LogP contribution in [0.25, 0.3) is 11.0 Å². The van der Waals surface area contributed by atoms with E-state index in [0.29, 0.717) is 12.4 Å². The number of aromatic amines is 1. The molecule has 0 aliphatic heterocycles. The van der Waals surface area contributed by atoms with Crippen LogP contribution < -0.4 is 4.74 Å². The van der Waals surface area contributed by atoms with E-state index in [1.54, 1.807) is 0 Å². The minimum Gasteiger partial charge on any atom is -0.494 e. The van der Waals surface area contributed by atoms with Crippen LogP contribution >= 0.6 is 11.8 Å². The molecule has 0 amide bonds. The number of aromatic nitrogens is 2. The maximum absolute atomic E-state index is 10.4. The predicted octanol–water partition coefficient (Wildman–Crippen LogP) is 2.53. The highest BCUT2D eigenvalue weighted by Crippen LogP contribution is 2.23. The van der Waals surface area contributed by atoms with Gasteiger partial charge in [0.2, 0.25) is 0 Å². The topological polar surface area (TPSA) is 75.2 Å². The Morgan fingerprint density at radius 2 is 2.39 bits per heavy atom. The summed E-state index contributed by atoms with van der Waals surface area (Å²) in [5, 5.41) is 9.30. The van der Waals surface area contributed by atoms with E-state index in [9.17, 15) is 4.79 Å². The molecule has 96 valence electrons.